The molecule has 0 fully saturated rings. The van der Waals surface area contributed by atoms with Crippen molar-refractivity contribution < 1.29 is 9.84 Å². The minimum Gasteiger partial charge on any atom is -0.495 e. The van der Waals surface area contributed by atoms with Gasteiger partial charge in [0.05, 0.1) is 24.3 Å². The Hall–Kier alpha value is -0.770. The SMILES string of the molecule is COc1cccc([C@@](C)(N)CO)c1Cl. The number of methoxy groups -OCH3 is 1. The van der Waals surface area contributed by atoms with Crippen LogP contribution in [0.4, 0.5) is 0 Å². The van der Waals surface area contributed by atoms with Crippen LogP contribution >= 0.6 is 11.6 Å². The van der Waals surface area contributed by atoms with Crippen molar-refractivity contribution in [3.05, 3.63) is 28.8 Å². The molecule has 1 aromatic rings. The molecule has 0 amide bonds. The van der Waals surface area contributed by atoms with Crippen molar-refractivity contribution in [3.63, 3.8) is 0 Å². The Bertz CT molecular complexity index is 326. The zero-order chi connectivity index (χ0) is 10.8. The van der Waals surface area contributed by atoms with Crippen molar-refractivity contribution >= 4 is 11.6 Å². The fourth-order valence-corrected chi connectivity index (χ4v) is 1.61. The lowest BCUT2D eigenvalue weighted by Crippen LogP contribution is -2.37. The third-order valence-electron chi connectivity index (χ3n) is 2.13. The largest absolute Gasteiger partial charge is 0.495 e. The van der Waals surface area contributed by atoms with E-state index < -0.39 is 5.54 Å². The van der Waals surface area contributed by atoms with Crippen LogP contribution < -0.4 is 10.5 Å². The lowest BCUT2D eigenvalue weighted by Gasteiger charge is -2.24. The molecule has 0 aliphatic carbocycles. The van der Waals surface area contributed by atoms with Crippen molar-refractivity contribution in [3.8, 4) is 5.75 Å². The van der Waals surface area contributed by atoms with Crippen molar-refractivity contribution in [2.45, 2.75) is 12.5 Å². The molecule has 0 aliphatic heterocycles. The highest BCUT2D eigenvalue weighted by Gasteiger charge is 2.24. The van der Waals surface area contributed by atoms with Crippen LogP contribution in [0.25, 0.3) is 0 Å². The maximum absolute atomic E-state index is 9.11. The van der Waals surface area contributed by atoms with E-state index in [-0.39, 0.29) is 6.61 Å². The van der Waals surface area contributed by atoms with E-state index in [1.54, 1.807) is 25.1 Å². The molecule has 14 heavy (non-hydrogen) atoms. The van der Waals surface area contributed by atoms with Gasteiger partial charge in [0, 0.05) is 0 Å². The van der Waals surface area contributed by atoms with Crippen LogP contribution in [0, 0.1) is 0 Å². The van der Waals surface area contributed by atoms with Gasteiger partial charge in [-0.25, -0.2) is 0 Å². The third kappa shape index (κ3) is 2.00. The van der Waals surface area contributed by atoms with Gasteiger partial charge in [-0.3, -0.25) is 0 Å². The Morgan fingerprint density at radius 1 is 1.57 bits per heavy atom. The number of benzene rings is 1. The van der Waals surface area contributed by atoms with E-state index in [2.05, 4.69) is 0 Å². The molecule has 0 aromatic heterocycles. The summed E-state index contributed by atoms with van der Waals surface area (Å²) in [6, 6.07) is 5.32. The van der Waals surface area contributed by atoms with E-state index in [4.69, 9.17) is 27.2 Å². The first-order chi connectivity index (χ1) is 6.53. The molecule has 0 unspecified atom stereocenters. The Kier molecular flexibility index (Phi) is 3.37. The van der Waals surface area contributed by atoms with Crippen molar-refractivity contribution in [2.24, 2.45) is 5.73 Å². The van der Waals surface area contributed by atoms with Gasteiger partial charge in [0.15, 0.2) is 0 Å². The highest BCUT2D eigenvalue weighted by molar-refractivity contribution is 6.33. The van der Waals surface area contributed by atoms with Crippen LogP contribution in [0.5, 0.6) is 5.75 Å². The van der Waals surface area contributed by atoms with Crippen LogP contribution in [0.1, 0.15) is 12.5 Å². The molecule has 1 atom stereocenters. The fraction of sp³-hybridized carbons (Fsp3) is 0.400. The fourth-order valence-electron chi connectivity index (χ4n) is 1.19. The summed E-state index contributed by atoms with van der Waals surface area (Å²) in [6.45, 7) is 1.55. The normalized spacial score (nSPS) is 14.9. The van der Waals surface area contributed by atoms with Gasteiger partial charge in [0.2, 0.25) is 0 Å². The maximum atomic E-state index is 9.11. The number of hydrogen-bond acceptors (Lipinski definition) is 3. The lowest BCUT2D eigenvalue weighted by molar-refractivity contribution is 0.210. The number of aliphatic hydroxyl groups is 1. The lowest BCUT2D eigenvalue weighted by atomic mass is 9.94. The van der Waals surface area contributed by atoms with Gasteiger partial charge in [-0.2, -0.15) is 0 Å². The van der Waals surface area contributed by atoms with Gasteiger partial charge in [-0.15, -0.1) is 0 Å². The van der Waals surface area contributed by atoms with Gasteiger partial charge in [-0.05, 0) is 18.6 Å². The number of hydrogen-bond donors (Lipinski definition) is 2. The summed E-state index contributed by atoms with van der Waals surface area (Å²) in [6.07, 6.45) is 0. The van der Waals surface area contributed by atoms with Gasteiger partial charge in [0.1, 0.15) is 5.75 Å². The molecule has 0 spiro atoms. The molecule has 4 heteroatoms. The Morgan fingerprint density at radius 2 is 2.21 bits per heavy atom. The summed E-state index contributed by atoms with van der Waals surface area (Å²) in [7, 11) is 1.54. The Labute approximate surface area is 88.4 Å². The van der Waals surface area contributed by atoms with Crippen molar-refractivity contribution in [1.29, 1.82) is 0 Å². The smallest absolute Gasteiger partial charge is 0.137 e. The average molecular weight is 216 g/mol. The molecule has 0 saturated heterocycles. The van der Waals surface area contributed by atoms with Crippen molar-refractivity contribution in [2.75, 3.05) is 13.7 Å². The second-order valence-electron chi connectivity index (χ2n) is 3.40. The second kappa shape index (κ2) is 4.17. The summed E-state index contributed by atoms with van der Waals surface area (Å²) in [5, 5.41) is 9.56. The predicted molar refractivity (Wildman–Crippen MR) is 56.6 cm³/mol. The summed E-state index contributed by atoms with van der Waals surface area (Å²) >= 11 is 6.06. The van der Waals surface area contributed by atoms with Crippen LogP contribution in [-0.2, 0) is 5.54 Å². The number of nitrogens with two attached hydrogens (primary N) is 1. The molecule has 0 bridgehead atoms. The quantitative estimate of drug-likeness (QED) is 0.804. The summed E-state index contributed by atoms with van der Waals surface area (Å²) in [5.74, 6) is 0.564. The molecule has 78 valence electrons. The van der Waals surface area contributed by atoms with Gasteiger partial charge >= 0.3 is 0 Å². The molecule has 0 radical (unpaired) electrons. The summed E-state index contributed by atoms with van der Waals surface area (Å²) < 4.78 is 5.06. The highest BCUT2D eigenvalue weighted by Crippen LogP contribution is 2.33. The molecule has 0 saturated carbocycles. The molecule has 1 aromatic carbocycles. The standard InChI is InChI=1S/C10H14ClNO2/c1-10(12,6-13)7-4-3-5-8(14-2)9(7)11/h3-5,13H,6,12H2,1-2H3/t10-/m0/s1. The van der Waals surface area contributed by atoms with Gasteiger partial charge < -0.3 is 15.6 Å². The first kappa shape index (κ1) is 11.3. The predicted octanol–water partition coefficient (Wildman–Crippen LogP) is 1.51. The van der Waals surface area contributed by atoms with Crippen LogP contribution in [0.2, 0.25) is 5.02 Å². The Morgan fingerprint density at radius 3 is 2.71 bits per heavy atom. The van der Waals surface area contributed by atoms with Crippen LogP contribution in [0.3, 0.4) is 0 Å². The summed E-state index contributed by atoms with van der Waals surface area (Å²) in [4.78, 5) is 0. The Balaban J connectivity index is 3.22. The van der Waals surface area contributed by atoms with E-state index in [9.17, 15) is 0 Å². The average Bonchev–Trinajstić information content (AvgIpc) is 2.18. The first-order valence-corrected chi connectivity index (χ1v) is 4.63. The van der Waals surface area contributed by atoms with E-state index >= 15 is 0 Å². The highest BCUT2D eigenvalue weighted by atomic mass is 35.5. The van der Waals surface area contributed by atoms with Gasteiger partial charge in [-0.1, -0.05) is 23.7 Å². The van der Waals surface area contributed by atoms with Crippen LogP contribution in [0.15, 0.2) is 18.2 Å². The topological polar surface area (TPSA) is 55.5 Å². The number of ether oxygens (including phenoxy) is 1. The second-order valence-corrected chi connectivity index (χ2v) is 3.78. The van der Waals surface area contributed by atoms with E-state index in [1.165, 1.54) is 7.11 Å². The van der Waals surface area contributed by atoms with E-state index in [1.807, 2.05) is 0 Å². The van der Waals surface area contributed by atoms with Gasteiger partial charge in [0.25, 0.3) is 0 Å². The number of halogens is 1. The van der Waals surface area contributed by atoms with E-state index in [0.717, 1.165) is 0 Å². The van der Waals surface area contributed by atoms with Crippen molar-refractivity contribution in [1.82, 2.24) is 0 Å². The zero-order valence-corrected chi connectivity index (χ0v) is 9.01. The molecule has 0 aliphatic rings. The molecule has 1 rings (SSSR count). The third-order valence-corrected chi connectivity index (χ3v) is 2.52. The molecular formula is C10H14ClNO2. The monoisotopic (exact) mass is 215 g/mol. The van der Waals surface area contributed by atoms with E-state index in [0.29, 0.717) is 16.3 Å². The molecule has 3 N–H and O–H groups in total. The maximum Gasteiger partial charge on any atom is 0.137 e. The molecule has 0 heterocycles. The first-order valence-electron chi connectivity index (χ1n) is 4.25. The summed E-state index contributed by atoms with van der Waals surface area (Å²) in [5.41, 5.74) is 5.71. The molecule has 3 nitrogen and oxygen atoms in total. The minimum absolute atomic E-state index is 0.167. The van der Waals surface area contributed by atoms with Crippen LogP contribution in [-0.4, -0.2) is 18.8 Å². The minimum atomic E-state index is -0.842. The molecular weight excluding hydrogens is 202 g/mol. The number of aliphatic hydroxyl groups excluding tert-OH is 1. The number of rotatable bonds is 3. The zero-order valence-electron chi connectivity index (χ0n) is 8.25.